The Morgan fingerprint density at radius 3 is 2.55 bits per heavy atom. The highest BCUT2D eigenvalue weighted by Gasteiger charge is 2.17. The van der Waals surface area contributed by atoms with Gasteiger partial charge in [-0.2, -0.15) is 0 Å². The number of benzene rings is 1. The molecule has 0 saturated heterocycles. The van der Waals surface area contributed by atoms with E-state index in [2.05, 4.69) is 52.5 Å². The molecule has 3 aromatic rings. The van der Waals surface area contributed by atoms with E-state index in [0.29, 0.717) is 29.5 Å². The topological polar surface area (TPSA) is 74.6 Å². The molecule has 0 radical (unpaired) electrons. The Labute approximate surface area is 197 Å². The van der Waals surface area contributed by atoms with Gasteiger partial charge in [-0.1, -0.05) is 19.6 Å². The third-order valence-corrected chi connectivity index (χ3v) is 7.45. The summed E-state index contributed by atoms with van der Waals surface area (Å²) in [6.07, 6.45) is 3.62. The lowest BCUT2D eigenvalue weighted by Crippen LogP contribution is -2.22. The largest absolute Gasteiger partial charge is 0.493 e. The van der Waals surface area contributed by atoms with Crippen molar-refractivity contribution in [1.29, 1.82) is 0 Å². The summed E-state index contributed by atoms with van der Waals surface area (Å²) in [5.74, 6) is 0.868. The van der Waals surface area contributed by atoms with Gasteiger partial charge in [-0.15, -0.1) is 0 Å². The van der Waals surface area contributed by atoms with Crippen molar-refractivity contribution in [2.24, 2.45) is 0 Å². The van der Waals surface area contributed by atoms with Crippen LogP contribution < -0.4 is 14.8 Å². The van der Waals surface area contributed by atoms with Crippen LogP contribution in [0.3, 0.4) is 0 Å². The molecule has 0 aliphatic rings. The zero-order chi connectivity index (χ0) is 22.6. The van der Waals surface area contributed by atoms with E-state index >= 15 is 0 Å². The molecule has 3 rings (SSSR count). The average molecular weight is 553 g/mol. The maximum absolute atomic E-state index is 13.0. The smallest absolute Gasteiger partial charge is 0.256 e. The van der Waals surface area contributed by atoms with Crippen molar-refractivity contribution in [1.82, 2.24) is 9.55 Å². The lowest BCUT2D eigenvalue weighted by molar-refractivity contribution is 0.0899. The lowest BCUT2D eigenvalue weighted by atomic mass is 10.1. The van der Waals surface area contributed by atoms with Crippen molar-refractivity contribution >= 4 is 53.3 Å². The molecular weight excluding hydrogens is 525 g/mol. The third-order valence-electron chi connectivity index (χ3n) is 4.86. The second-order valence-electron chi connectivity index (χ2n) is 8.37. The standard InChI is InChI=1S/C22H28IN3O4Si/c1-28-19-12-16(17(23)13-20(19)29-2)22(27)25-18-6-8-24-21-15(18)7-9-26(21)14-30-10-11-31(3,4)5/h6-9,12-13H,10-11,14H2,1-5H3,(H,24,25,27). The molecule has 1 aromatic carbocycles. The Morgan fingerprint density at radius 2 is 1.87 bits per heavy atom. The number of ether oxygens (including phenoxy) is 3. The first-order valence-electron chi connectivity index (χ1n) is 9.98. The fraction of sp³-hybridized carbons (Fsp3) is 0.364. The van der Waals surface area contributed by atoms with E-state index in [1.54, 1.807) is 38.6 Å². The van der Waals surface area contributed by atoms with Gasteiger partial charge in [-0.05, 0) is 52.9 Å². The van der Waals surface area contributed by atoms with E-state index in [1.807, 2.05) is 16.8 Å². The van der Waals surface area contributed by atoms with Crippen LogP contribution in [0.2, 0.25) is 25.7 Å². The Morgan fingerprint density at radius 1 is 1.16 bits per heavy atom. The fourth-order valence-electron chi connectivity index (χ4n) is 3.06. The Hall–Kier alpha value is -2.11. The van der Waals surface area contributed by atoms with Gasteiger partial charge < -0.3 is 24.1 Å². The maximum Gasteiger partial charge on any atom is 0.256 e. The summed E-state index contributed by atoms with van der Waals surface area (Å²) in [5.41, 5.74) is 1.98. The normalized spacial score (nSPS) is 11.5. The number of pyridine rings is 1. The van der Waals surface area contributed by atoms with E-state index in [1.165, 1.54) is 0 Å². The highest BCUT2D eigenvalue weighted by Crippen LogP contribution is 2.32. The summed E-state index contributed by atoms with van der Waals surface area (Å²) >= 11 is 2.12. The summed E-state index contributed by atoms with van der Waals surface area (Å²) in [4.78, 5) is 17.5. The molecular formula is C22H28IN3O4Si. The predicted octanol–water partition coefficient (Wildman–Crippen LogP) is 5.22. The quantitative estimate of drug-likeness (QED) is 0.224. The monoisotopic (exact) mass is 553 g/mol. The van der Waals surface area contributed by atoms with Gasteiger partial charge in [0.05, 0.1) is 25.5 Å². The molecule has 0 fully saturated rings. The minimum absolute atomic E-state index is 0.225. The van der Waals surface area contributed by atoms with E-state index in [9.17, 15) is 4.79 Å². The van der Waals surface area contributed by atoms with E-state index in [0.717, 1.165) is 27.3 Å². The van der Waals surface area contributed by atoms with Crippen LogP contribution in [0.5, 0.6) is 11.5 Å². The van der Waals surface area contributed by atoms with Gasteiger partial charge in [-0.3, -0.25) is 4.79 Å². The lowest BCUT2D eigenvalue weighted by Gasteiger charge is -2.15. The summed E-state index contributed by atoms with van der Waals surface area (Å²) in [6, 6.07) is 8.32. The number of fused-ring (bicyclic) bond motifs is 1. The number of carbonyl (C=O) groups excluding carboxylic acids is 1. The molecule has 7 nitrogen and oxygen atoms in total. The van der Waals surface area contributed by atoms with Crippen molar-refractivity contribution in [2.45, 2.75) is 32.4 Å². The van der Waals surface area contributed by atoms with Crippen molar-refractivity contribution in [3.63, 3.8) is 0 Å². The van der Waals surface area contributed by atoms with Crippen molar-refractivity contribution in [3.05, 3.63) is 45.8 Å². The summed E-state index contributed by atoms with van der Waals surface area (Å²) < 4.78 is 19.2. The molecule has 0 bridgehead atoms. The zero-order valence-corrected chi connectivity index (χ0v) is 21.6. The molecule has 0 atom stereocenters. The number of halogens is 1. The molecule has 2 aromatic heterocycles. The number of aromatic nitrogens is 2. The highest BCUT2D eigenvalue weighted by atomic mass is 127. The van der Waals surface area contributed by atoms with Crippen LogP contribution in [0, 0.1) is 3.57 Å². The summed E-state index contributed by atoms with van der Waals surface area (Å²) in [5, 5.41) is 3.86. The van der Waals surface area contributed by atoms with Crippen LogP contribution >= 0.6 is 22.6 Å². The van der Waals surface area contributed by atoms with Gasteiger partial charge in [0.1, 0.15) is 12.4 Å². The van der Waals surface area contributed by atoms with Gasteiger partial charge in [-0.25, -0.2) is 4.98 Å². The molecule has 0 aliphatic carbocycles. The number of nitrogens with zero attached hydrogens (tertiary/aromatic N) is 2. The number of hydrogen-bond donors (Lipinski definition) is 1. The van der Waals surface area contributed by atoms with Crippen molar-refractivity contribution in [2.75, 3.05) is 26.1 Å². The number of anilines is 1. The first kappa shape index (κ1) is 23.5. The first-order chi connectivity index (χ1) is 14.7. The van der Waals surface area contributed by atoms with Gasteiger partial charge in [0, 0.05) is 36.0 Å². The molecule has 0 aliphatic heterocycles. The van der Waals surface area contributed by atoms with Crippen LogP contribution in [0.1, 0.15) is 10.4 Å². The van der Waals surface area contributed by atoms with E-state index in [-0.39, 0.29) is 5.91 Å². The minimum Gasteiger partial charge on any atom is -0.493 e. The molecule has 0 spiro atoms. The van der Waals surface area contributed by atoms with Crippen molar-refractivity contribution in [3.8, 4) is 11.5 Å². The van der Waals surface area contributed by atoms with Crippen LogP contribution in [-0.2, 0) is 11.5 Å². The van der Waals surface area contributed by atoms with E-state index < -0.39 is 8.07 Å². The minimum atomic E-state index is -1.13. The predicted molar refractivity (Wildman–Crippen MR) is 134 cm³/mol. The molecule has 2 heterocycles. The second kappa shape index (κ2) is 10.0. The van der Waals surface area contributed by atoms with Crippen LogP contribution in [-0.4, -0.2) is 44.4 Å². The van der Waals surface area contributed by atoms with Crippen LogP contribution in [0.25, 0.3) is 11.0 Å². The molecule has 1 N–H and O–H groups in total. The molecule has 1 amide bonds. The van der Waals surface area contributed by atoms with Crippen LogP contribution in [0.15, 0.2) is 36.7 Å². The average Bonchev–Trinajstić information content (AvgIpc) is 3.14. The number of carbonyl (C=O) groups is 1. The Kier molecular flexibility index (Phi) is 7.60. The molecule has 0 saturated carbocycles. The fourth-order valence-corrected chi connectivity index (χ4v) is 4.50. The van der Waals surface area contributed by atoms with Gasteiger partial charge >= 0.3 is 0 Å². The number of hydrogen-bond acceptors (Lipinski definition) is 5. The third kappa shape index (κ3) is 5.77. The Balaban J connectivity index is 1.78. The Bertz CT molecular complexity index is 1080. The van der Waals surface area contributed by atoms with Gasteiger partial charge in [0.15, 0.2) is 11.5 Å². The number of amides is 1. The molecule has 166 valence electrons. The van der Waals surface area contributed by atoms with E-state index in [4.69, 9.17) is 14.2 Å². The molecule has 9 heteroatoms. The second-order valence-corrected chi connectivity index (χ2v) is 15.2. The highest BCUT2D eigenvalue weighted by molar-refractivity contribution is 14.1. The molecule has 31 heavy (non-hydrogen) atoms. The molecule has 0 unspecified atom stereocenters. The number of nitrogens with one attached hydrogen (secondary N) is 1. The first-order valence-corrected chi connectivity index (χ1v) is 14.8. The van der Waals surface area contributed by atoms with Crippen LogP contribution in [0.4, 0.5) is 5.69 Å². The van der Waals surface area contributed by atoms with Gasteiger partial charge in [0.25, 0.3) is 5.91 Å². The number of methoxy groups -OCH3 is 2. The maximum atomic E-state index is 13.0. The summed E-state index contributed by atoms with van der Waals surface area (Å²) in [7, 11) is 1.99. The van der Waals surface area contributed by atoms with Crippen molar-refractivity contribution < 1.29 is 19.0 Å². The van der Waals surface area contributed by atoms with Gasteiger partial charge in [0.2, 0.25) is 0 Å². The SMILES string of the molecule is COc1cc(I)c(C(=O)Nc2ccnc3c2ccn3COCC[Si](C)(C)C)cc1OC. The zero-order valence-electron chi connectivity index (χ0n) is 18.5. The summed E-state index contributed by atoms with van der Waals surface area (Å²) in [6.45, 7) is 8.17. The number of rotatable bonds is 9.